The van der Waals surface area contributed by atoms with Gasteiger partial charge in [0.2, 0.25) is 5.91 Å². The largest absolute Gasteiger partial charge is 0.372 e. The van der Waals surface area contributed by atoms with Gasteiger partial charge in [-0.2, -0.15) is 0 Å². The molecule has 3 rings (SSSR count). The summed E-state index contributed by atoms with van der Waals surface area (Å²) in [6.07, 6.45) is 1.38. The number of nitrogens with one attached hydrogen (secondary N) is 1. The highest BCUT2D eigenvalue weighted by Crippen LogP contribution is 2.18. The van der Waals surface area contributed by atoms with Crippen molar-refractivity contribution in [3.8, 4) is 0 Å². The number of anilines is 2. The molecule has 0 saturated heterocycles. The minimum Gasteiger partial charge on any atom is -0.372 e. The molecule has 0 spiro atoms. The molecule has 0 atom stereocenters. The lowest BCUT2D eigenvalue weighted by Gasteiger charge is -2.21. The SMILES string of the molecule is CCN(CC)c1ccc(NC(=O)Cn2cnc3ccc(Cl)cc3c2=O)cc1. The predicted molar refractivity (Wildman–Crippen MR) is 110 cm³/mol. The van der Waals surface area contributed by atoms with Gasteiger partial charge in [-0.05, 0) is 56.3 Å². The first-order valence-electron chi connectivity index (χ1n) is 8.81. The van der Waals surface area contributed by atoms with Crippen LogP contribution in [0.25, 0.3) is 10.9 Å². The second kappa shape index (κ2) is 8.22. The lowest BCUT2D eigenvalue weighted by Crippen LogP contribution is -2.28. The maximum absolute atomic E-state index is 12.5. The van der Waals surface area contributed by atoms with Crippen molar-refractivity contribution in [1.29, 1.82) is 0 Å². The molecule has 1 heterocycles. The molecule has 7 heteroatoms. The second-order valence-electron chi connectivity index (χ2n) is 6.11. The van der Waals surface area contributed by atoms with Gasteiger partial charge in [0.1, 0.15) is 6.54 Å². The van der Waals surface area contributed by atoms with E-state index in [9.17, 15) is 9.59 Å². The first-order valence-corrected chi connectivity index (χ1v) is 9.19. The number of hydrogen-bond acceptors (Lipinski definition) is 4. The Hall–Kier alpha value is -2.86. The molecule has 3 aromatic rings. The van der Waals surface area contributed by atoms with Crippen LogP contribution in [0.15, 0.2) is 53.6 Å². The number of rotatable bonds is 6. The summed E-state index contributed by atoms with van der Waals surface area (Å²) in [4.78, 5) is 31.3. The Balaban J connectivity index is 1.73. The fraction of sp³-hybridized carbons (Fsp3) is 0.250. The van der Waals surface area contributed by atoms with E-state index in [0.717, 1.165) is 18.8 Å². The van der Waals surface area contributed by atoms with E-state index in [1.54, 1.807) is 18.2 Å². The van der Waals surface area contributed by atoms with E-state index in [1.165, 1.54) is 10.9 Å². The third-order valence-corrected chi connectivity index (χ3v) is 4.61. The number of benzene rings is 2. The molecule has 140 valence electrons. The molecule has 0 aliphatic rings. The Morgan fingerprint density at radius 2 is 1.85 bits per heavy atom. The maximum Gasteiger partial charge on any atom is 0.261 e. The van der Waals surface area contributed by atoms with Crippen molar-refractivity contribution in [3.05, 3.63) is 64.2 Å². The van der Waals surface area contributed by atoms with Gasteiger partial charge in [0.05, 0.1) is 17.2 Å². The van der Waals surface area contributed by atoms with E-state index >= 15 is 0 Å². The van der Waals surface area contributed by atoms with Crippen molar-refractivity contribution in [2.45, 2.75) is 20.4 Å². The van der Waals surface area contributed by atoms with Gasteiger partial charge in [-0.15, -0.1) is 0 Å². The van der Waals surface area contributed by atoms with Crippen LogP contribution in [0.2, 0.25) is 5.02 Å². The summed E-state index contributed by atoms with van der Waals surface area (Å²) in [6, 6.07) is 12.6. The van der Waals surface area contributed by atoms with Crippen LogP contribution in [0.5, 0.6) is 0 Å². The highest BCUT2D eigenvalue weighted by Gasteiger charge is 2.09. The van der Waals surface area contributed by atoms with E-state index in [1.807, 2.05) is 24.3 Å². The van der Waals surface area contributed by atoms with Crippen LogP contribution in [-0.2, 0) is 11.3 Å². The van der Waals surface area contributed by atoms with Crippen LogP contribution >= 0.6 is 11.6 Å². The Bertz CT molecular complexity index is 1010. The van der Waals surface area contributed by atoms with Gasteiger partial charge >= 0.3 is 0 Å². The Labute approximate surface area is 162 Å². The number of aromatic nitrogens is 2. The summed E-state index contributed by atoms with van der Waals surface area (Å²) in [5.41, 5.74) is 2.04. The van der Waals surface area contributed by atoms with E-state index in [0.29, 0.717) is 21.6 Å². The number of carbonyl (C=O) groups is 1. The number of carbonyl (C=O) groups excluding carboxylic acids is 1. The average molecular weight is 385 g/mol. The monoisotopic (exact) mass is 384 g/mol. The van der Waals surface area contributed by atoms with E-state index in [4.69, 9.17) is 11.6 Å². The highest BCUT2D eigenvalue weighted by molar-refractivity contribution is 6.31. The molecule has 6 nitrogen and oxygen atoms in total. The number of amides is 1. The molecular weight excluding hydrogens is 364 g/mol. The van der Waals surface area contributed by atoms with Crippen molar-refractivity contribution < 1.29 is 4.79 Å². The molecule has 0 bridgehead atoms. The van der Waals surface area contributed by atoms with Crippen molar-refractivity contribution in [1.82, 2.24) is 9.55 Å². The summed E-state index contributed by atoms with van der Waals surface area (Å²) in [5, 5.41) is 3.65. The zero-order valence-electron chi connectivity index (χ0n) is 15.3. The summed E-state index contributed by atoms with van der Waals surface area (Å²) in [6.45, 7) is 5.92. The van der Waals surface area contributed by atoms with E-state index in [2.05, 4.69) is 29.0 Å². The first kappa shape index (κ1) is 18.9. The molecule has 0 fully saturated rings. The van der Waals surface area contributed by atoms with E-state index in [-0.39, 0.29) is 18.0 Å². The van der Waals surface area contributed by atoms with Gasteiger partial charge in [0.25, 0.3) is 5.56 Å². The zero-order valence-corrected chi connectivity index (χ0v) is 16.0. The predicted octanol–water partition coefficient (Wildman–Crippen LogP) is 3.53. The van der Waals surface area contributed by atoms with Crippen molar-refractivity contribution in [2.75, 3.05) is 23.3 Å². The lowest BCUT2D eigenvalue weighted by atomic mass is 10.2. The molecule has 0 unspecified atom stereocenters. The standard InChI is InChI=1S/C20H21ClN4O2/c1-3-24(4-2)16-8-6-15(7-9-16)23-19(26)12-25-13-22-18-10-5-14(21)11-17(18)20(25)27/h5-11,13H,3-4,12H2,1-2H3,(H,23,26). The number of hydrogen-bond donors (Lipinski definition) is 1. The summed E-state index contributed by atoms with van der Waals surface area (Å²) in [5.74, 6) is -0.295. The quantitative estimate of drug-likeness (QED) is 0.706. The molecular formula is C20H21ClN4O2. The molecule has 27 heavy (non-hydrogen) atoms. The third-order valence-electron chi connectivity index (χ3n) is 4.38. The smallest absolute Gasteiger partial charge is 0.261 e. The first-order chi connectivity index (χ1) is 13.0. The van der Waals surface area contributed by atoms with Gasteiger partial charge in [0, 0.05) is 29.5 Å². The third kappa shape index (κ3) is 4.28. The number of halogens is 1. The lowest BCUT2D eigenvalue weighted by molar-refractivity contribution is -0.116. The van der Waals surface area contributed by atoms with Crippen LogP contribution in [0, 0.1) is 0 Å². The molecule has 0 aliphatic heterocycles. The number of fused-ring (bicyclic) bond motifs is 1. The normalized spacial score (nSPS) is 10.8. The fourth-order valence-electron chi connectivity index (χ4n) is 2.94. The van der Waals surface area contributed by atoms with Crippen LogP contribution in [0.1, 0.15) is 13.8 Å². The molecule has 0 saturated carbocycles. The Kier molecular flexibility index (Phi) is 5.76. The molecule has 1 amide bonds. The highest BCUT2D eigenvalue weighted by atomic mass is 35.5. The van der Waals surface area contributed by atoms with Crippen LogP contribution < -0.4 is 15.8 Å². The van der Waals surface area contributed by atoms with Crippen molar-refractivity contribution in [3.63, 3.8) is 0 Å². The molecule has 2 aromatic carbocycles. The molecule has 1 aromatic heterocycles. The van der Waals surface area contributed by atoms with Gasteiger partial charge in [-0.3, -0.25) is 14.2 Å². The number of nitrogens with zero attached hydrogens (tertiary/aromatic N) is 3. The second-order valence-corrected chi connectivity index (χ2v) is 6.54. The fourth-order valence-corrected chi connectivity index (χ4v) is 3.12. The minimum atomic E-state index is -0.297. The minimum absolute atomic E-state index is 0.119. The van der Waals surface area contributed by atoms with E-state index < -0.39 is 0 Å². The molecule has 0 aliphatic carbocycles. The Morgan fingerprint density at radius 3 is 2.52 bits per heavy atom. The summed E-state index contributed by atoms with van der Waals surface area (Å²) < 4.78 is 1.28. The van der Waals surface area contributed by atoms with Crippen LogP contribution in [-0.4, -0.2) is 28.5 Å². The van der Waals surface area contributed by atoms with Gasteiger partial charge in [0.15, 0.2) is 0 Å². The topological polar surface area (TPSA) is 67.2 Å². The van der Waals surface area contributed by atoms with Crippen molar-refractivity contribution >= 4 is 39.8 Å². The maximum atomic E-state index is 12.5. The van der Waals surface area contributed by atoms with Crippen LogP contribution in [0.4, 0.5) is 11.4 Å². The average Bonchev–Trinajstić information content (AvgIpc) is 2.67. The van der Waals surface area contributed by atoms with Crippen molar-refractivity contribution in [2.24, 2.45) is 0 Å². The molecule has 1 N–H and O–H groups in total. The molecule has 0 radical (unpaired) electrons. The van der Waals surface area contributed by atoms with Crippen LogP contribution in [0.3, 0.4) is 0 Å². The van der Waals surface area contributed by atoms with Gasteiger partial charge in [-0.25, -0.2) is 4.98 Å². The van der Waals surface area contributed by atoms with Gasteiger partial charge in [-0.1, -0.05) is 11.6 Å². The summed E-state index contributed by atoms with van der Waals surface area (Å²) in [7, 11) is 0. The zero-order chi connectivity index (χ0) is 19.4. The van der Waals surface area contributed by atoms with Gasteiger partial charge < -0.3 is 10.2 Å². The Morgan fingerprint density at radius 1 is 1.15 bits per heavy atom. The summed E-state index contributed by atoms with van der Waals surface area (Å²) >= 11 is 5.95.